The lowest BCUT2D eigenvalue weighted by Crippen LogP contribution is -2.42. The number of anilines is 3. The zero-order valence-electron chi connectivity index (χ0n) is 18.6. The van der Waals surface area contributed by atoms with Gasteiger partial charge in [0, 0.05) is 16.8 Å². The molecule has 2 N–H and O–H groups in total. The van der Waals surface area contributed by atoms with Gasteiger partial charge in [0.15, 0.2) is 5.76 Å². The Bertz CT molecular complexity index is 1380. The van der Waals surface area contributed by atoms with E-state index in [1.54, 1.807) is 48.5 Å². The van der Waals surface area contributed by atoms with E-state index >= 15 is 0 Å². The molecule has 8 nitrogen and oxygen atoms in total. The Balaban J connectivity index is 1.26. The summed E-state index contributed by atoms with van der Waals surface area (Å²) in [5, 5.41) is 5.54. The summed E-state index contributed by atoms with van der Waals surface area (Å²) in [6.07, 6.45) is 1.44. The van der Waals surface area contributed by atoms with Crippen LogP contribution in [0.15, 0.2) is 95.6 Å². The highest BCUT2D eigenvalue weighted by atomic mass is 16.5. The van der Waals surface area contributed by atoms with E-state index in [2.05, 4.69) is 10.6 Å². The number of ether oxygens (including phenoxy) is 1. The molecule has 0 fully saturated rings. The second-order valence-electron chi connectivity index (χ2n) is 7.86. The van der Waals surface area contributed by atoms with E-state index in [0.717, 1.165) is 0 Å². The Hall–Kier alpha value is -4.85. The average Bonchev–Trinajstić information content (AvgIpc) is 3.36. The van der Waals surface area contributed by atoms with Gasteiger partial charge in [-0.3, -0.25) is 19.3 Å². The van der Waals surface area contributed by atoms with E-state index in [1.807, 2.05) is 36.4 Å². The number of furan rings is 1. The van der Waals surface area contributed by atoms with Gasteiger partial charge in [-0.05, 0) is 54.6 Å². The molecular weight excluding hydrogens is 446 g/mol. The first-order valence-corrected chi connectivity index (χ1v) is 10.9. The number of rotatable bonds is 6. The Morgan fingerprint density at radius 1 is 0.943 bits per heavy atom. The van der Waals surface area contributed by atoms with Crippen molar-refractivity contribution in [1.29, 1.82) is 0 Å². The van der Waals surface area contributed by atoms with Gasteiger partial charge in [0.2, 0.25) is 5.91 Å². The van der Waals surface area contributed by atoms with E-state index < -0.39 is 5.91 Å². The van der Waals surface area contributed by atoms with Crippen molar-refractivity contribution in [3.63, 3.8) is 0 Å². The van der Waals surface area contributed by atoms with Crippen LogP contribution in [0.4, 0.5) is 17.1 Å². The summed E-state index contributed by atoms with van der Waals surface area (Å²) in [4.78, 5) is 39.3. The minimum atomic E-state index is -0.428. The standard InChI is InChI=1S/C27H21N3O5/c31-24-16-30(23-9-5-4-8-22(23)29-24)27(33)18-10-12-20(13-11-18)28-26(32)25-19(14-15-34-25)17-35-21-6-2-1-3-7-21/h1-15H,16-17H2,(H,28,32)(H,29,31). The van der Waals surface area contributed by atoms with Crippen LogP contribution in [0.5, 0.6) is 5.75 Å². The molecule has 0 unspecified atom stereocenters. The van der Waals surface area contributed by atoms with Crippen LogP contribution in [-0.2, 0) is 11.4 Å². The summed E-state index contributed by atoms with van der Waals surface area (Å²) in [5.74, 6) is -0.156. The highest BCUT2D eigenvalue weighted by molar-refractivity contribution is 6.15. The zero-order valence-corrected chi connectivity index (χ0v) is 18.6. The van der Waals surface area contributed by atoms with Crippen molar-refractivity contribution in [3.05, 3.63) is 108 Å². The maximum Gasteiger partial charge on any atom is 0.291 e. The van der Waals surface area contributed by atoms with E-state index in [9.17, 15) is 14.4 Å². The minimum Gasteiger partial charge on any atom is -0.489 e. The zero-order chi connectivity index (χ0) is 24.2. The number of benzene rings is 3. The molecule has 5 rings (SSSR count). The number of fused-ring (bicyclic) bond motifs is 1. The summed E-state index contributed by atoms with van der Waals surface area (Å²) < 4.78 is 11.1. The monoisotopic (exact) mass is 467 g/mol. The lowest BCUT2D eigenvalue weighted by atomic mass is 10.1. The summed E-state index contributed by atoms with van der Waals surface area (Å²) in [7, 11) is 0. The number of nitrogens with zero attached hydrogens (tertiary/aromatic N) is 1. The molecule has 35 heavy (non-hydrogen) atoms. The average molecular weight is 467 g/mol. The molecule has 3 aromatic carbocycles. The fourth-order valence-electron chi connectivity index (χ4n) is 3.78. The van der Waals surface area contributed by atoms with Gasteiger partial charge in [-0.25, -0.2) is 0 Å². The van der Waals surface area contributed by atoms with Crippen LogP contribution < -0.4 is 20.3 Å². The second kappa shape index (κ2) is 9.56. The number of carbonyl (C=O) groups is 3. The molecular formula is C27H21N3O5. The maximum absolute atomic E-state index is 13.1. The molecule has 0 bridgehead atoms. The van der Waals surface area contributed by atoms with Crippen LogP contribution in [-0.4, -0.2) is 24.3 Å². The van der Waals surface area contributed by atoms with Crippen molar-refractivity contribution in [1.82, 2.24) is 0 Å². The molecule has 2 heterocycles. The number of nitrogens with one attached hydrogen (secondary N) is 2. The number of carbonyl (C=O) groups excluding carboxylic acids is 3. The lowest BCUT2D eigenvalue weighted by molar-refractivity contribution is -0.115. The quantitative estimate of drug-likeness (QED) is 0.428. The third kappa shape index (κ3) is 4.77. The van der Waals surface area contributed by atoms with Gasteiger partial charge in [-0.2, -0.15) is 0 Å². The summed E-state index contributed by atoms with van der Waals surface area (Å²) in [5.41, 5.74) is 2.72. The van der Waals surface area contributed by atoms with Gasteiger partial charge < -0.3 is 19.8 Å². The van der Waals surface area contributed by atoms with Crippen LogP contribution in [0, 0.1) is 0 Å². The van der Waals surface area contributed by atoms with E-state index in [4.69, 9.17) is 9.15 Å². The predicted octanol–water partition coefficient (Wildman–Crippen LogP) is 4.71. The number of amides is 3. The fraction of sp³-hybridized carbons (Fsp3) is 0.0741. The maximum atomic E-state index is 13.1. The van der Waals surface area contributed by atoms with Crippen molar-refractivity contribution in [2.75, 3.05) is 22.1 Å². The Labute approximate surface area is 201 Å². The van der Waals surface area contributed by atoms with Crippen molar-refractivity contribution in [3.8, 4) is 5.75 Å². The van der Waals surface area contributed by atoms with Gasteiger partial charge in [0.05, 0.1) is 17.6 Å². The number of hydrogen-bond donors (Lipinski definition) is 2. The molecule has 0 radical (unpaired) electrons. The first kappa shape index (κ1) is 22.0. The molecule has 174 valence electrons. The Morgan fingerprint density at radius 3 is 2.49 bits per heavy atom. The van der Waals surface area contributed by atoms with Crippen LogP contribution in [0.25, 0.3) is 0 Å². The topological polar surface area (TPSA) is 101 Å². The van der Waals surface area contributed by atoms with Crippen molar-refractivity contribution < 1.29 is 23.5 Å². The molecule has 3 amide bonds. The van der Waals surface area contributed by atoms with Gasteiger partial charge in [0.1, 0.15) is 18.9 Å². The van der Waals surface area contributed by atoms with Crippen molar-refractivity contribution >= 4 is 34.8 Å². The van der Waals surface area contributed by atoms with Gasteiger partial charge in [0.25, 0.3) is 11.8 Å². The molecule has 0 saturated carbocycles. The van der Waals surface area contributed by atoms with E-state index in [-0.39, 0.29) is 30.7 Å². The molecule has 1 aliphatic rings. The van der Waals surface area contributed by atoms with Crippen LogP contribution in [0.1, 0.15) is 26.5 Å². The molecule has 1 aromatic heterocycles. The Morgan fingerprint density at radius 2 is 1.69 bits per heavy atom. The third-order valence-electron chi connectivity index (χ3n) is 5.50. The molecule has 0 atom stereocenters. The van der Waals surface area contributed by atoms with Crippen molar-refractivity contribution in [2.24, 2.45) is 0 Å². The third-order valence-corrected chi connectivity index (χ3v) is 5.50. The first-order valence-electron chi connectivity index (χ1n) is 10.9. The van der Waals surface area contributed by atoms with E-state index in [0.29, 0.717) is 33.9 Å². The normalized spacial score (nSPS) is 12.5. The SMILES string of the molecule is O=C1CN(C(=O)c2ccc(NC(=O)c3occc3COc3ccccc3)cc2)c2ccccc2N1. The highest BCUT2D eigenvalue weighted by Gasteiger charge is 2.27. The van der Waals surface area contributed by atoms with Crippen molar-refractivity contribution in [2.45, 2.75) is 6.61 Å². The van der Waals surface area contributed by atoms with Crippen LogP contribution in [0.2, 0.25) is 0 Å². The molecule has 0 saturated heterocycles. The summed E-state index contributed by atoms with van der Waals surface area (Å²) >= 11 is 0. The molecule has 8 heteroatoms. The highest BCUT2D eigenvalue weighted by Crippen LogP contribution is 2.30. The largest absolute Gasteiger partial charge is 0.489 e. The molecule has 4 aromatic rings. The molecule has 1 aliphatic heterocycles. The van der Waals surface area contributed by atoms with Crippen LogP contribution >= 0.6 is 0 Å². The lowest BCUT2D eigenvalue weighted by Gasteiger charge is -2.29. The van der Waals surface area contributed by atoms with Crippen LogP contribution in [0.3, 0.4) is 0 Å². The predicted molar refractivity (Wildman–Crippen MR) is 131 cm³/mol. The Kier molecular flexibility index (Phi) is 6.00. The smallest absolute Gasteiger partial charge is 0.291 e. The number of hydrogen-bond acceptors (Lipinski definition) is 5. The van der Waals surface area contributed by atoms with Gasteiger partial charge in [-0.15, -0.1) is 0 Å². The van der Waals surface area contributed by atoms with Gasteiger partial charge >= 0.3 is 0 Å². The number of para-hydroxylation sites is 3. The van der Waals surface area contributed by atoms with E-state index in [1.165, 1.54) is 11.2 Å². The molecule has 0 spiro atoms. The minimum absolute atomic E-state index is 0.0688. The summed E-state index contributed by atoms with van der Waals surface area (Å²) in [6, 6.07) is 24.6. The van der Waals surface area contributed by atoms with Gasteiger partial charge in [-0.1, -0.05) is 30.3 Å². The fourth-order valence-corrected chi connectivity index (χ4v) is 3.78. The summed E-state index contributed by atoms with van der Waals surface area (Å²) in [6.45, 7) is 0.113. The first-order chi connectivity index (χ1) is 17.1. The molecule has 0 aliphatic carbocycles. The second-order valence-corrected chi connectivity index (χ2v) is 7.86.